The van der Waals surface area contributed by atoms with Crippen LogP contribution in [0.5, 0.6) is 11.5 Å². The smallest absolute Gasteiger partial charge is 0.123 e. The van der Waals surface area contributed by atoms with Gasteiger partial charge in [-0.05, 0) is 47.7 Å². The Hall–Kier alpha value is -1.22. The number of fused-ring (bicyclic) bond motifs is 1. The second kappa shape index (κ2) is 7.69. The predicted octanol–water partition coefficient (Wildman–Crippen LogP) is 5.30. The average Bonchev–Trinajstić information content (AvgIpc) is 2.50. The van der Waals surface area contributed by atoms with Gasteiger partial charge in [0, 0.05) is 10.9 Å². The summed E-state index contributed by atoms with van der Waals surface area (Å²) in [5.41, 5.74) is 1.22. The summed E-state index contributed by atoms with van der Waals surface area (Å²) in [6.45, 7) is 5.11. The quantitative estimate of drug-likeness (QED) is 0.686. The molecule has 0 radical (unpaired) electrons. The summed E-state index contributed by atoms with van der Waals surface area (Å²) in [5, 5.41) is 12.8. The molecular weight excluding hydrogens is 328 g/mol. The van der Waals surface area contributed by atoms with Gasteiger partial charge in [-0.2, -0.15) is 0 Å². The van der Waals surface area contributed by atoms with E-state index in [1.165, 1.54) is 10.9 Å². The minimum absolute atomic E-state index is 0.307. The highest BCUT2D eigenvalue weighted by atomic mass is 79.9. The molecule has 2 aromatic rings. The molecule has 3 heteroatoms. The third kappa shape index (κ3) is 3.91. The number of benzene rings is 2. The molecule has 114 valence electrons. The first-order chi connectivity index (χ1) is 10.2. The molecule has 2 rings (SSSR count). The van der Waals surface area contributed by atoms with E-state index in [4.69, 9.17) is 4.74 Å². The van der Waals surface area contributed by atoms with Crippen LogP contribution in [0, 0.1) is 5.92 Å². The maximum Gasteiger partial charge on any atom is 0.123 e. The van der Waals surface area contributed by atoms with Crippen LogP contribution in [0.3, 0.4) is 0 Å². The van der Waals surface area contributed by atoms with Gasteiger partial charge in [-0.1, -0.05) is 48.3 Å². The molecule has 0 aliphatic rings. The molecule has 0 saturated heterocycles. The van der Waals surface area contributed by atoms with Crippen molar-refractivity contribution in [2.75, 3.05) is 11.9 Å². The van der Waals surface area contributed by atoms with Crippen LogP contribution in [0.25, 0.3) is 10.8 Å². The fourth-order valence-corrected chi connectivity index (χ4v) is 3.28. The Balaban J connectivity index is 2.25. The number of aryl methyl sites for hydroxylation is 1. The number of phenols is 1. The van der Waals surface area contributed by atoms with Gasteiger partial charge in [0.25, 0.3) is 0 Å². The van der Waals surface area contributed by atoms with E-state index in [1.54, 1.807) is 12.1 Å². The van der Waals surface area contributed by atoms with Crippen LogP contribution in [0.4, 0.5) is 0 Å². The van der Waals surface area contributed by atoms with Gasteiger partial charge in [0.2, 0.25) is 0 Å². The maximum atomic E-state index is 9.59. The predicted molar refractivity (Wildman–Crippen MR) is 92.7 cm³/mol. The first-order valence-corrected chi connectivity index (χ1v) is 8.75. The van der Waals surface area contributed by atoms with Crippen molar-refractivity contribution < 1.29 is 9.84 Å². The van der Waals surface area contributed by atoms with Crippen LogP contribution in [0.15, 0.2) is 30.3 Å². The molecule has 0 fully saturated rings. The molecule has 2 aromatic carbocycles. The molecule has 1 N–H and O–H groups in total. The van der Waals surface area contributed by atoms with Gasteiger partial charge in [0.1, 0.15) is 11.5 Å². The molecule has 0 amide bonds. The molecule has 1 unspecified atom stereocenters. The number of ether oxygens (including phenoxy) is 1. The summed E-state index contributed by atoms with van der Waals surface area (Å²) < 4.78 is 6.09. The average molecular weight is 351 g/mol. The number of aromatic hydroxyl groups is 1. The van der Waals surface area contributed by atoms with E-state index >= 15 is 0 Å². The summed E-state index contributed by atoms with van der Waals surface area (Å²) in [4.78, 5) is 0. The largest absolute Gasteiger partial charge is 0.508 e. The van der Waals surface area contributed by atoms with Crippen molar-refractivity contribution in [2.45, 2.75) is 33.1 Å². The minimum Gasteiger partial charge on any atom is -0.508 e. The van der Waals surface area contributed by atoms with Crippen molar-refractivity contribution in [2.24, 2.45) is 5.92 Å². The number of halogens is 1. The lowest BCUT2D eigenvalue weighted by Gasteiger charge is -2.18. The van der Waals surface area contributed by atoms with E-state index in [0.717, 1.165) is 42.3 Å². The monoisotopic (exact) mass is 350 g/mol. The molecule has 0 heterocycles. The maximum absolute atomic E-state index is 9.59. The fourth-order valence-electron chi connectivity index (χ4n) is 2.63. The Labute approximate surface area is 135 Å². The molecule has 0 bridgehead atoms. The van der Waals surface area contributed by atoms with E-state index in [1.807, 2.05) is 18.2 Å². The van der Waals surface area contributed by atoms with Crippen molar-refractivity contribution in [1.29, 1.82) is 0 Å². The molecule has 21 heavy (non-hydrogen) atoms. The topological polar surface area (TPSA) is 29.5 Å². The van der Waals surface area contributed by atoms with Gasteiger partial charge in [0.15, 0.2) is 0 Å². The molecule has 0 aliphatic carbocycles. The number of phenolic OH excluding ortho intramolecular Hbond substituents is 1. The second-order valence-electron chi connectivity index (χ2n) is 5.36. The first-order valence-electron chi connectivity index (χ1n) is 7.62. The summed E-state index contributed by atoms with van der Waals surface area (Å²) in [5.74, 6) is 1.87. The van der Waals surface area contributed by atoms with E-state index in [9.17, 15) is 5.11 Å². The zero-order valence-corrected chi connectivity index (χ0v) is 14.3. The van der Waals surface area contributed by atoms with Crippen molar-refractivity contribution >= 4 is 26.7 Å². The highest BCUT2D eigenvalue weighted by molar-refractivity contribution is 9.09. The van der Waals surface area contributed by atoms with Crippen molar-refractivity contribution in [1.82, 2.24) is 0 Å². The van der Waals surface area contributed by atoms with Crippen molar-refractivity contribution in [3.05, 3.63) is 35.9 Å². The Morgan fingerprint density at radius 1 is 1.19 bits per heavy atom. The van der Waals surface area contributed by atoms with Crippen LogP contribution in [0.1, 0.15) is 32.3 Å². The van der Waals surface area contributed by atoms with Crippen molar-refractivity contribution in [3.8, 4) is 11.5 Å². The molecular formula is C18H23BrO2. The van der Waals surface area contributed by atoms with Crippen molar-refractivity contribution in [3.63, 3.8) is 0 Å². The summed E-state index contributed by atoms with van der Waals surface area (Å²) in [7, 11) is 0. The van der Waals surface area contributed by atoms with Crippen LogP contribution < -0.4 is 4.74 Å². The summed E-state index contributed by atoms with van der Waals surface area (Å²) in [6.07, 6.45) is 3.20. The van der Waals surface area contributed by atoms with Crippen LogP contribution in [0.2, 0.25) is 0 Å². The Bertz CT molecular complexity index is 595. The number of hydrogen-bond donors (Lipinski definition) is 1. The number of rotatable bonds is 7. The summed E-state index contributed by atoms with van der Waals surface area (Å²) in [6, 6.07) is 9.57. The number of alkyl halides is 1. The van der Waals surface area contributed by atoms with E-state index in [-0.39, 0.29) is 0 Å². The Morgan fingerprint density at radius 3 is 2.67 bits per heavy atom. The van der Waals surface area contributed by atoms with Gasteiger partial charge < -0.3 is 9.84 Å². The highest BCUT2D eigenvalue weighted by Gasteiger charge is 2.11. The second-order valence-corrected chi connectivity index (χ2v) is 6.16. The van der Waals surface area contributed by atoms with E-state index in [0.29, 0.717) is 11.7 Å². The number of hydrogen-bond acceptors (Lipinski definition) is 2. The van der Waals surface area contributed by atoms with Gasteiger partial charge in [-0.15, -0.1) is 0 Å². The zero-order chi connectivity index (χ0) is 15.2. The van der Waals surface area contributed by atoms with Crippen LogP contribution >= 0.6 is 15.9 Å². The van der Waals surface area contributed by atoms with E-state index in [2.05, 4.69) is 29.8 Å². The van der Waals surface area contributed by atoms with Gasteiger partial charge >= 0.3 is 0 Å². The van der Waals surface area contributed by atoms with E-state index < -0.39 is 0 Å². The summed E-state index contributed by atoms with van der Waals surface area (Å²) >= 11 is 3.51. The Kier molecular flexibility index (Phi) is 5.92. The third-order valence-corrected chi connectivity index (χ3v) is 4.45. The first kappa shape index (κ1) is 16.2. The lowest BCUT2D eigenvalue weighted by molar-refractivity contribution is 0.240. The minimum atomic E-state index is 0.307. The molecule has 2 nitrogen and oxygen atoms in total. The van der Waals surface area contributed by atoms with Crippen LogP contribution in [-0.2, 0) is 6.42 Å². The standard InChI is InChI=1S/C18H23BrO2/c1-3-13(9-10-19)12-21-18-8-5-14-11-15(20)6-7-17(14)16(18)4-2/h5-8,11,13,20H,3-4,9-10,12H2,1-2H3. The van der Waals surface area contributed by atoms with Gasteiger partial charge in [-0.25, -0.2) is 0 Å². The molecule has 0 spiro atoms. The normalized spacial score (nSPS) is 12.5. The lowest BCUT2D eigenvalue weighted by atomic mass is 10.0. The highest BCUT2D eigenvalue weighted by Crippen LogP contribution is 2.31. The molecule has 0 aliphatic heterocycles. The SMILES string of the molecule is CCc1c(OCC(CC)CCBr)ccc2cc(O)ccc12. The third-order valence-electron chi connectivity index (χ3n) is 3.99. The Morgan fingerprint density at radius 2 is 2.00 bits per heavy atom. The fraction of sp³-hybridized carbons (Fsp3) is 0.444. The lowest BCUT2D eigenvalue weighted by Crippen LogP contribution is -2.12. The molecule has 1 atom stereocenters. The van der Waals surface area contributed by atoms with Crippen LogP contribution in [-0.4, -0.2) is 17.0 Å². The molecule has 0 saturated carbocycles. The zero-order valence-electron chi connectivity index (χ0n) is 12.7. The van der Waals surface area contributed by atoms with Gasteiger partial charge in [0.05, 0.1) is 6.61 Å². The van der Waals surface area contributed by atoms with Gasteiger partial charge in [-0.3, -0.25) is 0 Å². The molecule has 0 aromatic heterocycles.